The molecule has 0 amide bonds. The molecule has 0 bridgehead atoms. The van der Waals surface area contributed by atoms with Crippen LogP contribution in [0.25, 0.3) is 0 Å². The van der Waals surface area contributed by atoms with Gasteiger partial charge in [0.05, 0.1) is 5.56 Å². The summed E-state index contributed by atoms with van der Waals surface area (Å²) < 4.78 is 12.3. The second-order valence-electron chi connectivity index (χ2n) is 9.22. The average Bonchev–Trinajstić information content (AvgIpc) is 2.66. The van der Waals surface area contributed by atoms with Crippen molar-refractivity contribution >= 4 is 5.97 Å². The lowest BCUT2D eigenvalue weighted by Gasteiger charge is -2.38. The topological polar surface area (TPSA) is 35.5 Å². The molecule has 2 aromatic rings. The van der Waals surface area contributed by atoms with Crippen molar-refractivity contribution in [3.63, 3.8) is 0 Å². The molecule has 3 rings (SSSR count). The molecule has 3 heteroatoms. The van der Waals surface area contributed by atoms with E-state index in [4.69, 9.17) is 9.47 Å². The van der Waals surface area contributed by atoms with Gasteiger partial charge < -0.3 is 9.47 Å². The Morgan fingerprint density at radius 1 is 1.17 bits per heavy atom. The molecule has 0 saturated carbocycles. The molecule has 156 valence electrons. The van der Waals surface area contributed by atoms with Gasteiger partial charge in [-0.15, -0.1) is 0 Å². The summed E-state index contributed by atoms with van der Waals surface area (Å²) in [6.45, 7) is 12.8. The van der Waals surface area contributed by atoms with E-state index < -0.39 is 0 Å². The number of hydrogen-bond acceptors (Lipinski definition) is 3. The van der Waals surface area contributed by atoms with Crippen LogP contribution in [0.2, 0.25) is 0 Å². The predicted molar refractivity (Wildman–Crippen MR) is 118 cm³/mol. The van der Waals surface area contributed by atoms with Gasteiger partial charge in [0.15, 0.2) is 0 Å². The normalized spacial score (nSPS) is 18.3. The minimum absolute atomic E-state index is 0.112. The Bertz CT molecular complexity index is 880. The summed E-state index contributed by atoms with van der Waals surface area (Å²) in [4.78, 5) is 12.6. The Balaban J connectivity index is 1.78. The van der Waals surface area contributed by atoms with Crippen molar-refractivity contribution in [2.75, 3.05) is 0 Å². The molecule has 1 aliphatic rings. The van der Waals surface area contributed by atoms with E-state index in [-0.39, 0.29) is 11.6 Å². The first-order chi connectivity index (χ1) is 13.7. The number of carbonyl (C=O) groups is 1. The van der Waals surface area contributed by atoms with Crippen molar-refractivity contribution in [2.45, 2.75) is 79.2 Å². The first-order valence-electron chi connectivity index (χ1n) is 10.8. The van der Waals surface area contributed by atoms with Crippen LogP contribution in [0.15, 0.2) is 30.3 Å². The predicted octanol–water partition coefficient (Wildman–Crippen LogP) is 6.74. The lowest BCUT2D eigenvalue weighted by atomic mass is 9.85. The van der Waals surface area contributed by atoms with E-state index in [0.717, 1.165) is 47.6 Å². The number of hydrogen-bond donors (Lipinski definition) is 0. The van der Waals surface area contributed by atoms with E-state index in [1.807, 2.05) is 51.1 Å². The molecular formula is C26H34O3. The summed E-state index contributed by atoms with van der Waals surface area (Å²) in [5.41, 5.74) is 4.80. The molecular weight excluding hydrogens is 360 g/mol. The smallest absolute Gasteiger partial charge is 0.343 e. The summed E-state index contributed by atoms with van der Waals surface area (Å²) in [5.74, 6) is 2.03. The van der Waals surface area contributed by atoms with Crippen LogP contribution in [0.1, 0.15) is 79.1 Å². The second-order valence-corrected chi connectivity index (χ2v) is 9.22. The number of rotatable bonds is 6. The van der Waals surface area contributed by atoms with Gasteiger partial charge in [0.25, 0.3) is 0 Å². The van der Waals surface area contributed by atoms with Crippen molar-refractivity contribution in [1.29, 1.82) is 0 Å². The third kappa shape index (κ3) is 5.01. The van der Waals surface area contributed by atoms with Gasteiger partial charge >= 0.3 is 5.97 Å². The maximum atomic E-state index is 12.6. The van der Waals surface area contributed by atoms with E-state index in [0.29, 0.717) is 11.3 Å². The highest BCUT2D eigenvalue weighted by Crippen LogP contribution is 2.43. The molecule has 0 aromatic heterocycles. The maximum absolute atomic E-state index is 12.6. The van der Waals surface area contributed by atoms with Crippen LogP contribution >= 0.6 is 0 Å². The Morgan fingerprint density at radius 2 is 1.86 bits per heavy atom. The number of aryl methyl sites for hydroxylation is 2. The van der Waals surface area contributed by atoms with Gasteiger partial charge in [-0.2, -0.15) is 0 Å². The van der Waals surface area contributed by atoms with E-state index in [9.17, 15) is 4.79 Å². The van der Waals surface area contributed by atoms with Crippen molar-refractivity contribution in [1.82, 2.24) is 0 Å². The van der Waals surface area contributed by atoms with Gasteiger partial charge in [0, 0.05) is 5.56 Å². The van der Waals surface area contributed by atoms with Crippen LogP contribution in [0, 0.1) is 26.7 Å². The van der Waals surface area contributed by atoms with Crippen molar-refractivity contribution in [2.24, 2.45) is 5.92 Å². The molecule has 1 heterocycles. The minimum atomic E-state index is -0.317. The van der Waals surface area contributed by atoms with Crippen LogP contribution in [0.3, 0.4) is 0 Å². The fourth-order valence-electron chi connectivity index (χ4n) is 4.07. The number of esters is 1. The molecule has 1 aliphatic heterocycles. The lowest BCUT2D eigenvalue weighted by Crippen LogP contribution is -2.37. The van der Waals surface area contributed by atoms with Crippen molar-refractivity contribution in [3.8, 4) is 11.5 Å². The minimum Gasteiger partial charge on any atom is -0.487 e. The van der Waals surface area contributed by atoms with Gasteiger partial charge in [-0.3, -0.25) is 0 Å². The number of ether oxygens (including phenoxy) is 2. The van der Waals surface area contributed by atoms with Gasteiger partial charge in [0.1, 0.15) is 17.1 Å². The fraction of sp³-hybridized carbons (Fsp3) is 0.500. The molecule has 29 heavy (non-hydrogen) atoms. The fourth-order valence-corrected chi connectivity index (χ4v) is 4.07. The highest BCUT2D eigenvalue weighted by atomic mass is 16.5. The summed E-state index contributed by atoms with van der Waals surface area (Å²) >= 11 is 0. The summed E-state index contributed by atoms with van der Waals surface area (Å²) in [6.07, 6.45) is 5.45. The monoisotopic (exact) mass is 394 g/mol. The third-order valence-corrected chi connectivity index (χ3v) is 6.03. The maximum Gasteiger partial charge on any atom is 0.343 e. The quantitative estimate of drug-likeness (QED) is 0.402. The molecule has 0 fully saturated rings. The van der Waals surface area contributed by atoms with E-state index in [1.165, 1.54) is 18.4 Å². The van der Waals surface area contributed by atoms with Crippen LogP contribution in [0.4, 0.5) is 0 Å². The van der Waals surface area contributed by atoms with E-state index in [1.54, 1.807) is 0 Å². The van der Waals surface area contributed by atoms with Crippen LogP contribution in [-0.4, -0.2) is 11.6 Å². The molecule has 1 atom stereocenters. The second kappa shape index (κ2) is 8.61. The van der Waals surface area contributed by atoms with Crippen LogP contribution < -0.4 is 9.47 Å². The summed E-state index contributed by atoms with van der Waals surface area (Å²) in [6, 6.07) is 9.42. The zero-order valence-electron chi connectivity index (χ0n) is 18.7. The molecule has 2 aromatic carbocycles. The highest BCUT2D eigenvalue weighted by Gasteiger charge is 2.33. The zero-order valence-corrected chi connectivity index (χ0v) is 18.7. The molecule has 0 radical (unpaired) electrons. The van der Waals surface area contributed by atoms with E-state index in [2.05, 4.69) is 20.8 Å². The molecule has 0 saturated heterocycles. The van der Waals surface area contributed by atoms with Gasteiger partial charge in [-0.05, 0) is 88.6 Å². The Hall–Kier alpha value is -2.29. The first-order valence-corrected chi connectivity index (χ1v) is 10.8. The largest absolute Gasteiger partial charge is 0.487 e. The van der Waals surface area contributed by atoms with Crippen LogP contribution in [-0.2, 0) is 6.42 Å². The number of carbonyl (C=O) groups excluding carboxylic acids is 1. The first kappa shape index (κ1) is 21.4. The molecule has 3 nitrogen and oxygen atoms in total. The highest BCUT2D eigenvalue weighted by molar-refractivity contribution is 5.91. The molecule has 0 spiro atoms. The zero-order chi connectivity index (χ0) is 21.2. The Labute approximate surface area is 175 Å². The van der Waals surface area contributed by atoms with Crippen molar-refractivity contribution in [3.05, 3.63) is 58.1 Å². The number of benzene rings is 2. The Morgan fingerprint density at radius 3 is 2.52 bits per heavy atom. The van der Waals surface area contributed by atoms with Gasteiger partial charge in [-0.1, -0.05) is 38.0 Å². The van der Waals surface area contributed by atoms with Crippen molar-refractivity contribution < 1.29 is 14.3 Å². The Kier molecular flexibility index (Phi) is 6.36. The number of fused-ring (bicyclic) bond motifs is 1. The third-order valence-electron chi connectivity index (χ3n) is 6.03. The summed E-state index contributed by atoms with van der Waals surface area (Å²) in [7, 11) is 0. The lowest BCUT2D eigenvalue weighted by molar-refractivity contribution is 0.0512. The van der Waals surface area contributed by atoms with E-state index >= 15 is 0 Å². The molecule has 1 unspecified atom stereocenters. The average molecular weight is 395 g/mol. The summed E-state index contributed by atoms with van der Waals surface area (Å²) in [5, 5.41) is 0. The molecule has 0 aliphatic carbocycles. The molecule has 0 N–H and O–H groups in total. The standard InChI is InChI=1S/C26H34O3/c1-17(2)8-7-14-26(6)15-13-22-20(5)23(16-19(4)24(22)29-26)28-25(27)21-11-9-18(3)10-12-21/h9-12,16-17H,7-8,13-15H2,1-6H3. The van der Waals surface area contributed by atoms with Gasteiger partial charge in [0.2, 0.25) is 0 Å². The SMILES string of the molecule is Cc1ccc(C(=O)Oc2cc(C)c3c(c2C)CCC(C)(CCCC(C)C)O3)cc1. The van der Waals surface area contributed by atoms with Crippen LogP contribution in [0.5, 0.6) is 11.5 Å². The van der Waals surface area contributed by atoms with Gasteiger partial charge in [-0.25, -0.2) is 4.79 Å².